The van der Waals surface area contributed by atoms with E-state index < -0.39 is 0 Å². The predicted octanol–water partition coefficient (Wildman–Crippen LogP) is 2.24. The Morgan fingerprint density at radius 1 is 1.21 bits per heavy atom. The molecular formula is C18H40N2O4. The summed E-state index contributed by atoms with van der Waals surface area (Å²) in [7, 11) is 0. The fraction of sp³-hybridized carbons (Fsp3) is 0.889. The summed E-state index contributed by atoms with van der Waals surface area (Å²) >= 11 is 0. The summed E-state index contributed by atoms with van der Waals surface area (Å²) in [5.41, 5.74) is 0. The maximum atomic E-state index is 11.6. The van der Waals surface area contributed by atoms with Crippen LogP contribution in [0.2, 0.25) is 0 Å². The standard InChI is InChI=1S/C14H26N2O4.2C2H6.H2/c1-12(18)5-9-20-10-6-15-14(19)4-8-16-7-2-3-13(16)11-17;2*1-2;/h13,17H,2-11H2,1H3,(H,15,19);2*1-2H3;1H/t13-;;;/m0.../s1. The molecule has 1 atom stereocenters. The van der Waals surface area contributed by atoms with E-state index in [0.29, 0.717) is 39.1 Å². The molecule has 0 saturated carbocycles. The normalized spacial score (nSPS) is 16.5. The molecule has 146 valence electrons. The van der Waals surface area contributed by atoms with Crippen molar-refractivity contribution in [3.8, 4) is 0 Å². The number of amides is 1. The molecule has 0 aromatic heterocycles. The summed E-state index contributed by atoms with van der Waals surface area (Å²) in [4.78, 5) is 24.5. The van der Waals surface area contributed by atoms with Crippen molar-refractivity contribution >= 4 is 11.7 Å². The lowest BCUT2D eigenvalue weighted by molar-refractivity contribution is -0.122. The first kappa shape index (κ1) is 25.3. The van der Waals surface area contributed by atoms with E-state index in [1.54, 1.807) is 0 Å². The van der Waals surface area contributed by atoms with Crippen LogP contribution in [-0.4, -0.2) is 67.2 Å². The van der Waals surface area contributed by atoms with Crippen LogP contribution in [0.5, 0.6) is 0 Å². The number of nitrogens with zero attached hydrogens (tertiary/aromatic N) is 1. The number of rotatable bonds is 10. The highest BCUT2D eigenvalue weighted by Crippen LogP contribution is 2.16. The Balaban J connectivity index is -0.000000899. The maximum Gasteiger partial charge on any atom is 0.221 e. The number of likely N-dealkylation sites (tertiary alicyclic amines) is 1. The van der Waals surface area contributed by atoms with Gasteiger partial charge in [0, 0.05) is 33.4 Å². The van der Waals surface area contributed by atoms with E-state index in [9.17, 15) is 14.7 Å². The molecule has 0 bridgehead atoms. The van der Waals surface area contributed by atoms with Crippen LogP contribution in [0.15, 0.2) is 0 Å². The zero-order valence-electron chi connectivity index (χ0n) is 16.3. The van der Waals surface area contributed by atoms with Gasteiger partial charge < -0.3 is 15.2 Å². The fourth-order valence-electron chi connectivity index (χ4n) is 2.31. The van der Waals surface area contributed by atoms with Gasteiger partial charge in [0.1, 0.15) is 5.78 Å². The number of aliphatic hydroxyl groups excluding tert-OH is 1. The van der Waals surface area contributed by atoms with Crippen LogP contribution in [-0.2, 0) is 14.3 Å². The van der Waals surface area contributed by atoms with Gasteiger partial charge in [0.2, 0.25) is 5.91 Å². The van der Waals surface area contributed by atoms with E-state index >= 15 is 0 Å². The second-order valence-corrected chi connectivity index (χ2v) is 5.18. The van der Waals surface area contributed by atoms with Crippen LogP contribution in [0.3, 0.4) is 0 Å². The van der Waals surface area contributed by atoms with Crippen LogP contribution < -0.4 is 5.32 Å². The number of ether oxygens (including phenoxy) is 1. The van der Waals surface area contributed by atoms with Crippen molar-refractivity contribution in [3.05, 3.63) is 0 Å². The van der Waals surface area contributed by atoms with Crippen molar-refractivity contribution in [1.29, 1.82) is 0 Å². The van der Waals surface area contributed by atoms with Crippen molar-refractivity contribution < 1.29 is 20.9 Å². The lowest BCUT2D eigenvalue weighted by atomic mass is 10.2. The lowest BCUT2D eigenvalue weighted by Crippen LogP contribution is -2.36. The third kappa shape index (κ3) is 13.5. The molecule has 6 heteroatoms. The average molecular weight is 349 g/mol. The molecule has 1 fully saturated rings. The fourth-order valence-corrected chi connectivity index (χ4v) is 2.31. The van der Waals surface area contributed by atoms with E-state index in [-0.39, 0.29) is 25.8 Å². The molecule has 6 nitrogen and oxygen atoms in total. The third-order valence-corrected chi connectivity index (χ3v) is 3.50. The number of ketones is 1. The minimum atomic E-state index is 0. The van der Waals surface area contributed by atoms with Crippen LogP contribution in [0.25, 0.3) is 0 Å². The Morgan fingerprint density at radius 2 is 1.88 bits per heavy atom. The second kappa shape index (κ2) is 18.4. The van der Waals surface area contributed by atoms with Gasteiger partial charge >= 0.3 is 0 Å². The molecule has 0 aliphatic carbocycles. The molecule has 1 heterocycles. The molecule has 0 spiro atoms. The van der Waals surface area contributed by atoms with Crippen molar-refractivity contribution in [1.82, 2.24) is 10.2 Å². The lowest BCUT2D eigenvalue weighted by Gasteiger charge is -2.22. The molecule has 0 aromatic carbocycles. The highest BCUT2D eigenvalue weighted by Gasteiger charge is 2.23. The van der Waals surface area contributed by atoms with Gasteiger partial charge in [0.25, 0.3) is 0 Å². The minimum absolute atomic E-state index is 0. The van der Waals surface area contributed by atoms with Gasteiger partial charge in [-0.2, -0.15) is 0 Å². The Labute approximate surface area is 149 Å². The van der Waals surface area contributed by atoms with Crippen molar-refractivity contribution in [2.45, 2.75) is 66.3 Å². The molecule has 1 amide bonds. The monoisotopic (exact) mass is 348 g/mol. The Bertz CT molecular complexity index is 317. The van der Waals surface area contributed by atoms with E-state index in [2.05, 4.69) is 10.2 Å². The molecule has 1 aliphatic heterocycles. The third-order valence-electron chi connectivity index (χ3n) is 3.50. The van der Waals surface area contributed by atoms with Crippen molar-refractivity contribution in [2.75, 3.05) is 39.5 Å². The smallest absolute Gasteiger partial charge is 0.221 e. The van der Waals surface area contributed by atoms with Gasteiger partial charge in [-0.05, 0) is 26.3 Å². The van der Waals surface area contributed by atoms with Gasteiger partial charge in [0.05, 0.1) is 19.8 Å². The maximum absolute atomic E-state index is 11.6. The van der Waals surface area contributed by atoms with Crippen LogP contribution in [0.1, 0.15) is 61.7 Å². The predicted molar refractivity (Wildman–Crippen MR) is 100 cm³/mol. The molecule has 1 saturated heterocycles. The van der Waals surface area contributed by atoms with E-state index in [1.165, 1.54) is 6.92 Å². The number of hydrogen-bond acceptors (Lipinski definition) is 5. The second-order valence-electron chi connectivity index (χ2n) is 5.18. The molecule has 0 aromatic rings. The summed E-state index contributed by atoms with van der Waals surface area (Å²) in [6.45, 7) is 12.7. The SMILES string of the molecule is CC.CC.CC(=O)CCOCCNC(=O)CCN1CCC[C@H]1CO.[HH]. The zero-order chi connectivity index (χ0) is 18.8. The van der Waals surface area contributed by atoms with Crippen LogP contribution in [0, 0.1) is 0 Å². The zero-order valence-corrected chi connectivity index (χ0v) is 16.3. The minimum Gasteiger partial charge on any atom is -0.395 e. The summed E-state index contributed by atoms with van der Waals surface area (Å²) in [6, 6.07) is 0.220. The number of carbonyl (C=O) groups excluding carboxylic acids is 2. The van der Waals surface area contributed by atoms with Gasteiger partial charge in [-0.15, -0.1) is 0 Å². The molecule has 24 heavy (non-hydrogen) atoms. The summed E-state index contributed by atoms with van der Waals surface area (Å²) in [5.74, 6) is 0.113. The number of Topliss-reactive ketones (excluding diaryl/α,β-unsaturated/α-hetero) is 1. The number of aliphatic hydroxyl groups is 1. The number of nitrogens with one attached hydrogen (secondary N) is 1. The summed E-state index contributed by atoms with van der Waals surface area (Å²) in [5, 5.41) is 12.0. The molecule has 1 aliphatic rings. The van der Waals surface area contributed by atoms with E-state index in [4.69, 9.17) is 4.74 Å². The Hall–Kier alpha value is -0.980. The highest BCUT2D eigenvalue weighted by molar-refractivity contribution is 5.76. The van der Waals surface area contributed by atoms with Crippen LogP contribution in [0.4, 0.5) is 0 Å². The largest absolute Gasteiger partial charge is 0.395 e. The first-order chi connectivity index (χ1) is 11.6. The van der Waals surface area contributed by atoms with Gasteiger partial charge in [-0.3, -0.25) is 14.5 Å². The van der Waals surface area contributed by atoms with Crippen molar-refractivity contribution in [3.63, 3.8) is 0 Å². The highest BCUT2D eigenvalue weighted by atomic mass is 16.5. The summed E-state index contributed by atoms with van der Waals surface area (Å²) < 4.78 is 5.23. The van der Waals surface area contributed by atoms with Crippen molar-refractivity contribution in [2.24, 2.45) is 0 Å². The molecule has 0 unspecified atom stereocenters. The first-order valence-corrected chi connectivity index (χ1v) is 9.32. The molecule has 1 rings (SSSR count). The Kier molecular flexibility index (Phi) is 19.3. The molecular weight excluding hydrogens is 308 g/mol. The quantitative estimate of drug-likeness (QED) is 0.592. The van der Waals surface area contributed by atoms with Gasteiger partial charge in [-0.1, -0.05) is 27.7 Å². The van der Waals surface area contributed by atoms with E-state index in [1.807, 2.05) is 27.7 Å². The Morgan fingerprint density at radius 3 is 2.46 bits per heavy atom. The first-order valence-electron chi connectivity index (χ1n) is 9.32. The van der Waals surface area contributed by atoms with E-state index in [0.717, 1.165) is 19.4 Å². The average Bonchev–Trinajstić information content (AvgIpc) is 3.07. The van der Waals surface area contributed by atoms with Gasteiger partial charge in [-0.25, -0.2) is 0 Å². The topological polar surface area (TPSA) is 78.9 Å². The van der Waals surface area contributed by atoms with Crippen LogP contribution >= 0.6 is 0 Å². The number of hydrogen-bond donors (Lipinski definition) is 2. The molecule has 0 radical (unpaired) electrons. The summed E-state index contributed by atoms with van der Waals surface area (Å²) in [6.07, 6.45) is 2.98. The number of carbonyl (C=O) groups is 2. The molecule has 2 N–H and O–H groups in total. The van der Waals surface area contributed by atoms with Gasteiger partial charge in [0.15, 0.2) is 0 Å².